The molecule has 3 nitrogen and oxygen atoms in total. The van der Waals surface area contributed by atoms with E-state index in [0.717, 1.165) is 5.56 Å². The molecule has 106 valence electrons. The molecule has 5 heteroatoms. The van der Waals surface area contributed by atoms with Crippen molar-refractivity contribution in [2.75, 3.05) is 13.7 Å². The van der Waals surface area contributed by atoms with E-state index in [1.165, 1.54) is 6.07 Å². The van der Waals surface area contributed by atoms with Gasteiger partial charge in [-0.15, -0.1) is 0 Å². The molecule has 1 aromatic heterocycles. The van der Waals surface area contributed by atoms with Gasteiger partial charge in [-0.2, -0.15) is 0 Å². The highest BCUT2D eigenvalue weighted by atomic mass is 35.5. The van der Waals surface area contributed by atoms with Gasteiger partial charge in [0, 0.05) is 16.8 Å². The van der Waals surface area contributed by atoms with Crippen molar-refractivity contribution in [2.45, 2.75) is 13.0 Å². The Morgan fingerprint density at radius 3 is 2.85 bits per heavy atom. The Morgan fingerprint density at radius 1 is 1.40 bits per heavy atom. The molecule has 0 saturated carbocycles. The van der Waals surface area contributed by atoms with Crippen molar-refractivity contribution in [1.29, 1.82) is 0 Å². The van der Waals surface area contributed by atoms with Crippen LogP contribution >= 0.6 is 11.6 Å². The summed E-state index contributed by atoms with van der Waals surface area (Å²) in [6.07, 6.45) is 1.57. The molecule has 0 spiro atoms. The number of hydrogen-bond donors (Lipinski definition) is 1. The van der Waals surface area contributed by atoms with Crippen LogP contribution in [0.2, 0.25) is 5.02 Å². The van der Waals surface area contributed by atoms with Gasteiger partial charge < -0.3 is 10.1 Å². The Balaban J connectivity index is 2.54. The van der Waals surface area contributed by atoms with Gasteiger partial charge in [0.15, 0.2) is 0 Å². The third-order valence-electron chi connectivity index (χ3n) is 2.97. The first-order valence-electron chi connectivity index (χ1n) is 6.34. The molecule has 0 bridgehead atoms. The lowest BCUT2D eigenvalue weighted by Crippen LogP contribution is -2.24. The second-order valence-corrected chi connectivity index (χ2v) is 4.68. The van der Waals surface area contributed by atoms with Gasteiger partial charge in [0.05, 0.1) is 18.8 Å². The van der Waals surface area contributed by atoms with Crippen molar-refractivity contribution in [3.8, 4) is 5.75 Å². The summed E-state index contributed by atoms with van der Waals surface area (Å²) in [4.78, 5) is 4.14. The number of hydrogen-bond acceptors (Lipinski definition) is 3. The lowest BCUT2D eigenvalue weighted by Gasteiger charge is -2.21. The van der Waals surface area contributed by atoms with Gasteiger partial charge in [-0.3, -0.25) is 4.98 Å². The molecule has 20 heavy (non-hydrogen) atoms. The molecule has 2 aromatic rings. The standard InChI is InChI=1S/C15H16ClFN2O/c1-3-18-14(15-12(17)5-4-8-19-15)11-9-10(16)6-7-13(11)20-2/h4-9,14,18H,3H2,1-2H3. The number of halogens is 2. The van der Waals surface area contributed by atoms with E-state index in [0.29, 0.717) is 23.0 Å². The zero-order chi connectivity index (χ0) is 14.5. The van der Waals surface area contributed by atoms with Crippen molar-refractivity contribution >= 4 is 11.6 Å². The Morgan fingerprint density at radius 2 is 2.20 bits per heavy atom. The molecule has 1 aromatic carbocycles. The van der Waals surface area contributed by atoms with Crippen LogP contribution in [0.25, 0.3) is 0 Å². The first-order valence-corrected chi connectivity index (χ1v) is 6.72. The predicted molar refractivity (Wildman–Crippen MR) is 77.7 cm³/mol. The zero-order valence-electron chi connectivity index (χ0n) is 11.4. The number of methoxy groups -OCH3 is 1. The average molecular weight is 295 g/mol. The fourth-order valence-corrected chi connectivity index (χ4v) is 2.28. The van der Waals surface area contributed by atoms with Crippen molar-refractivity contribution in [3.63, 3.8) is 0 Å². The van der Waals surface area contributed by atoms with Crippen LogP contribution in [-0.2, 0) is 0 Å². The fourth-order valence-electron chi connectivity index (χ4n) is 2.10. The third kappa shape index (κ3) is 3.08. The number of benzene rings is 1. The Bertz CT molecular complexity index is 592. The SMILES string of the molecule is CCNC(c1cc(Cl)ccc1OC)c1ncccc1F. The van der Waals surface area contributed by atoms with E-state index in [1.807, 2.05) is 6.92 Å². The molecule has 1 N–H and O–H groups in total. The van der Waals surface area contributed by atoms with Gasteiger partial charge in [-0.05, 0) is 36.9 Å². The molecular weight excluding hydrogens is 279 g/mol. The molecule has 0 amide bonds. The topological polar surface area (TPSA) is 34.1 Å². The van der Waals surface area contributed by atoms with Crippen LogP contribution in [0, 0.1) is 5.82 Å². The Labute approximate surface area is 122 Å². The molecule has 1 heterocycles. The summed E-state index contributed by atoms with van der Waals surface area (Å²) in [5, 5.41) is 3.79. The third-order valence-corrected chi connectivity index (χ3v) is 3.21. The quantitative estimate of drug-likeness (QED) is 0.915. The number of rotatable bonds is 5. The summed E-state index contributed by atoms with van der Waals surface area (Å²) in [5.41, 5.74) is 1.09. The molecule has 0 aliphatic heterocycles. The molecule has 2 rings (SSSR count). The minimum Gasteiger partial charge on any atom is -0.496 e. The van der Waals surface area contributed by atoms with Crippen molar-refractivity contribution in [1.82, 2.24) is 10.3 Å². The lowest BCUT2D eigenvalue weighted by atomic mass is 10.0. The van der Waals surface area contributed by atoms with Crippen LogP contribution in [0.1, 0.15) is 24.2 Å². The van der Waals surface area contributed by atoms with Crippen molar-refractivity contribution in [3.05, 3.63) is 58.6 Å². The summed E-state index contributed by atoms with van der Waals surface area (Å²) in [6, 6.07) is 7.82. The Kier molecular flexibility index (Phi) is 4.93. The van der Waals surface area contributed by atoms with Crippen LogP contribution in [0.4, 0.5) is 4.39 Å². The van der Waals surface area contributed by atoms with Gasteiger partial charge in [0.2, 0.25) is 0 Å². The molecule has 0 aliphatic rings. The minimum atomic E-state index is -0.408. The molecule has 0 radical (unpaired) electrons. The number of nitrogens with one attached hydrogen (secondary N) is 1. The van der Waals surface area contributed by atoms with E-state index >= 15 is 0 Å². The van der Waals surface area contributed by atoms with E-state index < -0.39 is 6.04 Å². The van der Waals surface area contributed by atoms with Gasteiger partial charge in [-0.25, -0.2) is 4.39 Å². The van der Waals surface area contributed by atoms with Gasteiger partial charge in [-0.1, -0.05) is 18.5 Å². The largest absolute Gasteiger partial charge is 0.496 e. The lowest BCUT2D eigenvalue weighted by molar-refractivity contribution is 0.402. The summed E-state index contributed by atoms with van der Waals surface area (Å²) in [7, 11) is 1.57. The molecule has 0 fully saturated rings. The minimum absolute atomic E-state index is 0.329. The first kappa shape index (κ1) is 14.8. The predicted octanol–water partition coefficient (Wildman–Crippen LogP) is 3.58. The van der Waals surface area contributed by atoms with Crippen LogP contribution in [-0.4, -0.2) is 18.6 Å². The summed E-state index contributed by atoms with van der Waals surface area (Å²) in [6.45, 7) is 2.61. The first-order chi connectivity index (χ1) is 9.67. The van der Waals surface area contributed by atoms with E-state index in [1.54, 1.807) is 37.6 Å². The van der Waals surface area contributed by atoms with Crippen LogP contribution in [0.3, 0.4) is 0 Å². The summed E-state index contributed by atoms with van der Waals surface area (Å²) >= 11 is 6.05. The van der Waals surface area contributed by atoms with Crippen molar-refractivity contribution in [2.24, 2.45) is 0 Å². The number of nitrogens with zero attached hydrogens (tertiary/aromatic N) is 1. The Hall–Kier alpha value is -1.65. The normalized spacial score (nSPS) is 12.2. The zero-order valence-corrected chi connectivity index (χ0v) is 12.1. The highest BCUT2D eigenvalue weighted by molar-refractivity contribution is 6.30. The van der Waals surface area contributed by atoms with Crippen molar-refractivity contribution < 1.29 is 9.13 Å². The number of ether oxygens (including phenoxy) is 1. The van der Waals surface area contributed by atoms with Crippen LogP contribution < -0.4 is 10.1 Å². The number of aromatic nitrogens is 1. The maximum absolute atomic E-state index is 14.0. The van der Waals surface area contributed by atoms with Crippen LogP contribution in [0.15, 0.2) is 36.5 Å². The van der Waals surface area contributed by atoms with E-state index in [4.69, 9.17) is 16.3 Å². The highest BCUT2D eigenvalue weighted by Crippen LogP contribution is 2.32. The van der Waals surface area contributed by atoms with E-state index in [9.17, 15) is 4.39 Å². The molecular formula is C15H16ClFN2O. The second kappa shape index (κ2) is 6.68. The molecule has 1 atom stereocenters. The molecule has 0 aliphatic carbocycles. The van der Waals surface area contributed by atoms with Gasteiger partial charge in [0.1, 0.15) is 11.6 Å². The van der Waals surface area contributed by atoms with E-state index in [2.05, 4.69) is 10.3 Å². The summed E-state index contributed by atoms with van der Waals surface area (Å²) in [5.74, 6) is 0.283. The second-order valence-electron chi connectivity index (χ2n) is 4.25. The smallest absolute Gasteiger partial charge is 0.146 e. The van der Waals surface area contributed by atoms with Crippen LogP contribution in [0.5, 0.6) is 5.75 Å². The van der Waals surface area contributed by atoms with Gasteiger partial charge in [0.25, 0.3) is 0 Å². The molecule has 1 unspecified atom stereocenters. The molecule has 0 saturated heterocycles. The van der Waals surface area contributed by atoms with Gasteiger partial charge >= 0.3 is 0 Å². The van der Waals surface area contributed by atoms with E-state index in [-0.39, 0.29) is 5.82 Å². The average Bonchev–Trinajstić information content (AvgIpc) is 2.46. The maximum Gasteiger partial charge on any atom is 0.146 e. The monoisotopic (exact) mass is 294 g/mol. The highest BCUT2D eigenvalue weighted by Gasteiger charge is 2.22. The maximum atomic E-state index is 14.0. The summed E-state index contributed by atoms with van der Waals surface area (Å²) < 4.78 is 19.3. The number of pyridine rings is 1. The fraction of sp³-hybridized carbons (Fsp3) is 0.267.